The van der Waals surface area contributed by atoms with Gasteiger partial charge in [-0.2, -0.15) is 0 Å². The van der Waals surface area contributed by atoms with Crippen LogP contribution in [-0.2, 0) is 20.9 Å². The van der Waals surface area contributed by atoms with E-state index in [4.69, 9.17) is 4.74 Å². The highest BCUT2D eigenvalue weighted by atomic mass is 32.2. The molecule has 0 aliphatic heterocycles. The first-order valence-electron chi connectivity index (χ1n) is 7.31. The summed E-state index contributed by atoms with van der Waals surface area (Å²) in [6.07, 6.45) is 6.64. The van der Waals surface area contributed by atoms with Gasteiger partial charge in [-0.3, -0.25) is 9.59 Å². The molecule has 0 heterocycles. The SMILES string of the molecule is CSc1ccc(COC(=O)[C@H]2[C@@H](C(=O)O)[C@H]3C=C[C@@H]2C3)cc1. The number of carboxylic acid groups (broad SMARTS) is 1. The zero-order valence-corrected chi connectivity index (χ0v) is 13.1. The number of ether oxygens (including phenoxy) is 1. The summed E-state index contributed by atoms with van der Waals surface area (Å²) in [5.41, 5.74) is 0.914. The van der Waals surface area contributed by atoms with Crippen LogP contribution in [0.3, 0.4) is 0 Å². The first kappa shape index (κ1) is 15.2. The standard InChI is InChI=1S/C17H18O4S/c1-22-13-6-2-10(3-7-13)9-21-17(20)15-12-5-4-11(8-12)14(15)16(18)19/h2-7,11-12,14-15H,8-9H2,1H3,(H,18,19)/t11-,12+,14-,15+/m0/s1. The van der Waals surface area contributed by atoms with Crippen LogP contribution in [0.4, 0.5) is 0 Å². The summed E-state index contributed by atoms with van der Waals surface area (Å²) in [5, 5.41) is 9.35. The molecule has 2 aliphatic carbocycles. The average molecular weight is 318 g/mol. The Bertz CT molecular complexity index is 608. The quantitative estimate of drug-likeness (QED) is 0.514. The van der Waals surface area contributed by atoms with E-state index in [1.807, 2.05) is 42.7 Å². The third-order valence-corrected chi connectivity index (χ3v) is 5.30. The number of benzene rings is 1. The fraction of sp³-hybridized carbons (Fsp3) is 0.412. The van der Waals surface area contributed by atoms with Gasteiger partial charge in [0.25, 0.3) is 0 Å². The van der Waals surface area contributed by atoms with E-state index in [1.165, 1.54) is 0 Å². The molecule has 4 atom stereocenters. The van der Waals surface area contributed by atoms with Gasteiger partial charge in [0.1, 0.15) is 6.61 Å². The maximum Gasteiger partial charge on any atom is 0.310 e. The first-order chi connectivity index (χ1) is 10.6. The molecule has 1 aromatic rings. The Morgan fingerprint density at radius 1 is 1.18 bits per heavy atom. The second-order valence-corrected chi connectivity index (χ2v) is 6.67. The minimum absolute atomic E-state index is 0.0115. The van der Waals surface area contributed by atoms with E-state index in [9.17, 15) is 14.7 Å². The van der Waals surface area contributed by atoms with E-state index in [1.54, 1.807) is 11.8 Å². The molecule has 0 unspecified atom stereocenters. The Labute approximate surface area is 133 Å². The van der Waals surface area contributed by atoms with Gasteiger partial charge in [0.15, 0.2) is 0 Å². The fourth-order valence-electron chi connectivity index (χ4n) is 3.45. The van der Waals surface area contributed by atoms with Crippen LogP contribution in [0, 0.1) is 23.7 Å². The second kappa shape index (κ2) is 6.16. The van der Waals surface area contributed by atoms with Crippen molar-refractivity contribution in [3.8, 4) is 0 Å². The van der Waals surface area contributed by atoms with Gasteiger partial charge in [-0.05, 0) is 42.2 Å². The van der Waals surface area contributed by atoms with Crippen molar-refractivity contribution in [2.24, 2.45) is 23.7 Å². The lowest BCUT2D eigenvalue weighted by molar-refractivity contribution is -0.159. The monoisotopic (exact) mass is 318 g/mol. The molecule has 0 radical (unpaired) electrons. The van der Waals surface area contributed by atoms with Gasteiger partial charge in [0.2, 0.25) is 0 Å². The molecule has 1 saturated carbocycles. The van der Waals surface area contributed by atoms with Crippen LogP contribution in [-0.4, -0.2) is 23.3 Å². The van der Waals surface area contributed by atoms with Gasteiger partial charge in [-0.25, -0.2) is 0 Å². The highest BCUT2D eigenvalue weighted by Crippen LogP contribution is 2.48. The van der Waals surface area contributed by atoms with Crippen molar-refractivity contribution in [3.05, 3.63) is 42.0 Å². The Kier molecular flexibility index (Phi) is 4.25. The van der Waals surface area contributed by atoms with Gasteiger partial charge in [-0.15, -0.1) is 11.8 Å². The zero-order valence-electron chi connectivity index (χ0n) is 12.3. The highest BCUT2D eigenvalue weighted by molar-refractivity contribution is 7.98. The van der Waals surface area contributed by atoms with Crippen molar-refractivity contribution in [3.63, 3.8) is 0 Å². The molecule has 1 fully saturated rings. The summed E-state index contributed by atoms with van der Waals surface area (Å²) < 4.78 is 5.38. The van der Waals surface area contributed by atoms with Crippen LogP contribution in [0.15, 0.2) is 41.3 Å². The smallest absolute Gasteiger partial charge is 0.310 e. The number of aliphatic carboxylic acids is 1. The van der Waals surface area contributed by atoms with Gasteiger partial charge >= 0.3 is 11.9 Å². The lowest BCUT2D eigenvalue weighted by atomic mass is 9.83. The van der Waals surface area contributed by atoms with Crippen LogP contribution in [0.1, 0.15) is 12.0 Å². The Morgan fingerprint density at radius 2 is 1.82 bits per heavy atom. The molecule has 22 heavy (non-hydrogen) atoms. The van der Waals surface area contributed by atoms with Gasteiger partial charge in [0.05, 0.1) is 11.8 Å². The van der Waals surface area contributed by atoms with E-state index < -0.39 is 23.8 Å². The van der Waals surface area contributed by atoms with Crippen molar-refractivity contribution in [2.45, 2.75) is 17.9 Å². The summed E-state index contributed by atoms with van der Waals surface area (Å²) in [4.78, 5) is 24.9. The number of rotatable bonds is 5. The number of carbonyl (C=O) groups excluding carboxylic acids is 1. The predicted molar refractivity (Wildman–Crippen MR) is 83.4 cm³/mol. The van der Waals surface area contributed by atoms with E-state index in [2.05, 4.69) is 0 Å². The molecular formula is C17H18O4S. The number of esters is 1. The lowest BCUT2D eigenvalue weighted by Gasteiger charge is -2.23. The maximum atomic E-state index is 12.3. The Morgan fingerprint density at radius 3 is 2.41 bits per heavy atom. The highest BCUT2D eigenvalue weighted by Gasteiger charge is 2.52. The van der Waals surface area contributed by atoms with E-state index in [0.717, 1.165) is 16.9 Å². The van der Waals surface area contributed by atoms with Gasteiger partial charge in [0, 0.05) is 4.90 Å². The van der Waals surface area contributed by atoms with Gasteiger partial charge < -0.3 is 9.84 Å². The van der Waals surface area contributed by atoms with Crippen LogP contribution in [0.2, 0.25) is 0 Å². The fourth-order valence-corrected chi connectivity index (χ4v) is 3.86. The molecule has 1 aromatic carbocycles. The van der Waals surface area contributed by atoms with Crippen LogP contribution >= 0.6 is 11.8 Å². The molecule has 4 nitrogen and oxygen atoms in total. The summed E-state index contributed by atoms with van der Waals surface area (Å²) >= 11 is 1.65. The van der Waals surface area contributed by atoms with Crippen LogP contribution in [0.5, 0.6) is 0 Å². The number of fused-ring (bicyclic) bond motifs is 2. The summed E-state index contributed by atoms with van der Waals surface area (Å²) in [6, 6.07) is 7.81. The van der Waals surface area contributed by atoms with Crippen molar-refractivity contribution in [2.75, 3.05) is 6.26 Å². The lowest BCUT2D eigenvalue weighted by Crippen LogP contribution is -2.34. The predicted octanol–water partition coefficient (Wildman–Crippen LogP) is 2.97. The second-order valence-electron chi connectivity index (χ2n) is 5.79. The Balaban J connectivity index is 1.64. The summed E-state index contributed by atoms with van der Waals surface area (Å²) in [7, 11) is 0. The molecule has 116 valence electrons. The molecule has 0 spiro atoms. The van der Waals surface area contributed by atoms with Crippen molar-refractivity contribution in [1.29, 1.82) is 0 Å². The van der Waals surface area contributed by atoms with Crippen molar-refractivity contribution < 1.29 is 19.4 Å². The normalized spacial score (nSPS) is 28.8. The Hall–Kier alpha value is -1.75. The number of carboxylic acids is 1. The molecule has 2 aliphatic rings. The number of hydrogen-bond acceptors (Lipinski definition) is 4. The number of hydrogen-bond donors (Lipinski definition) is 1. The number of carbonyl (C=O) groups is 2. The molecule has 0 amide bonds. The minimum atomic E-state index is -0.900. The molecule has 0 aromatic heterocycles. The third kappa shape index (κ3) is 2.77. The van der Waals surface area contributed by atoms with E-state index >= 15 is 0 Å². The van der Waals surface area contributed by atoms with Gasteiger partial charge in [-0.1, -0.05) is 24.3 Å². The average Bonchev–Trinajstić information content (AvgIpc) is 3.14. The third-order valence-electron chi connectivity index (χ3n) is 4.56. The number of thioether (sulfide) groups is 1. The van der Waals surface area contributed by atoms with Crippen molar-refractivity contribution in [1.82, 2.24) is 0 Å². The molecule has 3 rings (SSSR count). The molecule has 5 heteroatoms. The van der Waals surface area contributed by atoms with Crippen LogP contribution in [0.25, 0.3) is 0 Å². The largest absolute Gasteiger partial charge is 0.481 e. The number of allylic oxidation sites excluding steroid dienone is 2. The van der Waals surface area contributed by atoms with E-state index in [0.29, 0.717) is 0 Å². The molecule has 0 saturated heterocycles. The maximum absolute atomic E-state index is 12.3. The zero-order chi connectivity index (χ0) is 15.7. The summed E-state index contributed by atoms with van der Waals surface area (Å²) in [5.74, 6) is -2.49. The summed E-state index contributed by atoms with van der Waals surface area (Å²) in [6.45, 7) is 0.192. The molecule has 1 N–H and O–H groups in total. The first-order valence-corrected chi connectivity index (χ1v) is 8.53. The van der Waals surface area contributed by atoms with Crippen molar-refractivity contribution >= 4 is 23.7 Å². The minimum Gasteiger partial charge on any atom is -0.481 e. The topological polar surface area (TPSA) is 63.6 Å². The molecular weight excluding hydrogens is 300 g/mol. The molecule has 2 bridgehead atoms. The van der Waals surface area contributed by atoms with E-state index in [-0.39, 0.29) is 18.4 Å². The van der Waals surface area contributed by atoms with Crippen LogP contribution < -0.4 is 0 Å².